The summed E-state index contributed by atoms with van der Waals surface area (Å²) in [6, 6.07) is 8.50. The monoisotopic (exact) mass is 380 g/mol. The molecule has 1 aromatic carbocycles. The van der Waals surface area contributed by atoms with Crippen molar-refractivity contribution < 1.29 is 4.39 Å². The summed E-state index contributed by atoms with van der Waals surface area (Å²) in [5.74, 6) is -0.451. The maximum Gasteiger partial charge on any atom is 0.173 e. The van der Waals surface area contributed by atoms with Crippen LogP contribution >= 0.6 is 23.8 Å². The minimum Gasteiger partial charge on any atom is -0.341 e. The zero-order valence-corrected chi connectivity index (χ0v) is 16.1. The van der Waals surface area contributed by atoms with Crippen molar-refractivity contribution in [1.82, 2.24) is 14.8 Å². The van der Waals surface area contributed by atoms with Crippen LogP contribution < -0.4 is 5.32 Å². The average Bonchev–Trinajstić information content (AvgIpc) is 2.58. The Morgan fingerprint density at radius 1 is 1.24 bits per heavy atom. The van der Waals surface area contributed by atoms with E-state index >= 15 is 0 Å². The minimum absolute atomic E-state index is 0.0647. The van der Waals surface area contributed by atoms with Gasteiger partial charge >= 0.3 is 0 Å². The smallest absolute Gasteiger partial charge is 0.173 e. The van der Waals surface area contributed by atoms with Gasteiger partial charge in [0, 0.05) is 31.2 Å². The van der Waals surface area contributed by atoms with E-state index in [-0.39, 0.29) is 11.1 Å². The van der Waals surface area contributed by atoms with E-state index in [9.17, 15) is 4.39 Å². The molecule has 0 amide bonds. The SMILES string of the molecule is C[C@@H](c1ccncc1)N(CCN(C)C)C(=S)Nc1ccc(F)c(Cl)c1. The van der Waals surface area contributed by atoms with E-state index in [1.54, 1.807) is 18.5 Å². The number of nitrogens with zero attached hydrogens (tertiary/aromatic N) is 3. The highest BCUT2D eigenvalue weighted by molar-refractivity contribution is 7.80. The maximum absolute atomic E-state index is 13.3. The lowest BCUT2D eigenvalue weighted by atomic mass is 10.1. The van der Waals surface area contributed by atoms with E-state index in [1.165, 1.54) is 12.1 Å². The summed E-state index contributed by atoms with van der Waals surface area (Å²) in [4.78, 5) is 8.27. The second-order valence-corrected chi connectivity index (χ2v) is 6.81. The van der Waals surface area contributed by atoms with Gasteiger partial charge in [0.15, 0.2) is 5.11 Å². The van der Waals surface area contributed by atoms with Gasteiger partial charge in [-0.3, -0.25) is 4.98 Å². The molecule has 1 aromatic heterocycles. The zero-order chi connectivity index (χ0) is 18.4. The molecule has 0 aliphatic rings. The van der Waals surface area contributed by atoms with Crippen molar-refractivity contribution in [3.8, 4) is 0 Å². The molecule has 0 unspecified atom stereocenters. The van der Waals surface area contributed by atoms with Gasteiger partial charge in [-0.2, -0.15) is 0 Å². The third kappa shape index (κ3) is 5.63. The fourth-order valence-corrected chi connectivity index (χ4v) is 2.92. The molecule has 134 valence electrons. The molecule has 1 N–H and O–H groups in total. The summed E-state index contributed by atoms with van der Waals surface area (Å²) in [6.45, 7) is 3.69. The van der Waals surface area contributed by atoms with E-state index in [1.807, 2.05) is 26.2 Å². The number of benzene rings is 1. The van der Waals surface area contributed by atoms with Gasteiger partial charge in [0.1, 0.15) is 5.82 Å². The highest BCUT2D eigenvalue weighted by atomic mass is 35.5. The van der Waals surface area contributed by atoms with Crippen molar-refractivity contribution >= 4 is 34.6 Å². The van der Waals surface area contributed by atoms with Crippen LogP contribution in [0.25, 0.3) is 0 Å². The highest BCUT2D eigenvalue weighted by Gasteiger charge is 2.19. The molecule has 2 aromatic rings. The summed E-state index contributed by atoms with van der Waals surface area (Å²) in [7, 11) is 4.04. The topological polar surface area (TPSA) is 31.4 Å². The second kappa shape index (κ2) is 9.08. The zero-order valence-electron chi connectivity index (χ0n) is 14.5. The van der Waals surface area contributed by atoms with Gasteiger partial charge in [-0.15, -0.1) is 0 Å². The Kier molecular flexibility index (Phi) is 7.11. The molecule has 1 heterocycles. The number of halogens is 2. The van der Waals surface area contributed by atoms with Crippen LogP contribution in [-0.2, 0) is 0 Å². The van der Waals surface area contributed by atoms with Crippen molar-refractivity contribution in [2.75, 3.05) is 32.5 Å². The molecule has 0 saturated heterocycles. The largest absolute Gasteiger partial charge is 0.341 e. The molecular formula is C18H22ClFN4S. The number of aromatic nitrogens is 1. The molecule has 0 bridgehead atoms. The van der Waals surface area contributed by atoms with Gasteiger partial charge in [-0.25, -0.2) is 4.39 Å². The fraction of sp³-hybridized carbons (Fsp3) is 0.333. The Morgan fingerprint density at radius 2 is 1.92 bits per heavy atom. The summed E-state index contributed by atoms with van der Waals surface area (Å²) in [5, 5.41) is 3.78. The number of hydrogen-bond donors (Lipinski definition) is 1. The second-order valence-electron chi connectivity index (χ2n) is 6.01. The lowest BCUT2D eigenvalue weighted by molar-refractivity contribution is 0.289. The lowest BCUT2D eigenvalue weighted by Crippen LogP contribution is -2.40. The number of rotatable bonds is 6. The standard InChI is InChI=1S/C18H22ClFN4S/c1-13(14-6-8-21-9-7-14)24(11-10-23(2)3)18(25)22-15-4-5-17(20)16(19)12-15/h4-9,12-13H,10-11H2,1-3H3,(H,22,25)/t13-/m0/s1. The Balaban J connectivity index is 2.18. The summed E-state index contributed by atoms with van der Waals surface area (Å²) in [5.41, 5.74) is 1.78. The fourth-order valence-electron chi connectivity index (χ4n) is 2.37. The van der Waals surface area contributed by atoms with Crippen LogP contribution in [0.1, 0.15) is 18.5 Å². The Bertz CT molecular complexity index is 711. The van der Waals surface area contributed by atoms with E-state index in [0.29, 0.717) is 10.8 Å². The van der Waals surface area contributed by atoms with Crippen LogP contribution in [0.2, 0.25) is 5.02 Å². The molecule has 7 heteroatoms. The molecule has 0 aliphatic heterocycles. The highest BCUT2D eigenvalue weighted by Crippen LogP contribution is 2.23. The first-order valence-electron chi connectivity index (χ1n) is 7.96. The number of pyridine rings is 1. The first-order valence-corrected chi connectivity index (χ1v) is 8.74. The van der Waals surface area contributed by atoms with Crippen LogP contribution in [0.3, 0.4) is 0 Å². The normalized spacial score (nSPS) is 12.1. The molecule has 0 aliphatic carbocycles. The number of nitrogens with one attached hydrogen (secondary N) is 1. The molecule has 4 nitrogen and oxygen atoms in total. The van der Waals surface area contributed by atoms with Gasteiger partial charge in [-0.1, -0.05) is 11.6 Å². The third-order valence-electron chi connectivity index (χ3n) is 3.88. The van der Waals surface area contributed by atoms with Crippen LogP contribution in [0.15, 0.2) is 42.7 Å². The van der Waals surface area contributed by atoms with Crippen molar-refractivity contribution in [2.45, 2.75) is 13.0 Å². The molecule has 2 rings (SSSR count). The molecule has 25 heavy (non-hydrogen) atoms. The molecule has 1 atom stereocenters. The number of thiocarbonyl (C=S) groups is 1. The van der Waals surface area contributed by atoms with Gasteiger partial charge in [0.25, 0.3) is 0 Å². The van der Waals surface area contributed by atoms with Crippen LogP contribution in [0.5, 0.6) is 0 Å². The van der Waals surface area contributed by atoms with Crippen LogP contribution in [0.4, 0.5) is 10.1 Å². The minimum atomic E-state index is -0.451. The number of anilines is 1. The molecule has 0 radical (unpaired) electrons. The van der Waals surface area contributed by atoms with Crippen molar-refractivity contribution in [3.63, 3.8) is 0 Å². The lowest BCUT2D eigenvalue weighted by Gasteiger charge is -2.33. The van der Waals surface area contributed by atoms with Gasteiger partial charge < -0.3 is 15.1 Å². The van der Waals surface area contributed by atoms with E-state index in [2.05, 4.69) is 27.0 Å². The van der Waals surface area contributed by atoms with E-state index in [4.69, 9.17) is 23.8 Å². The molecular weight excluding hydrogens is 359 g/mol. The first kappa shape index (κ1) is 19.6. The van der Waals surface area contributed by atoms with Gasteiger partial charge in [-0.05, 0) is 69.1 Å². The van der Waals surface area contributed by atoms with Gasteiger partial charge in [0.2, 0.25) is 0 Å². The average molecular weight is 381 g/mol. The summed E-state index contributed by atoms with van der Waals surface area (Å²) in [6.07, 6.45) is 3.54. The number of hydrogen-bond acceptors (Lipinski definition) is 3. The van der Waals surface area contributed by atoms with Crippen LogP contribution in [-0.4, -0.2) is 47.1 Å². The molecule has 0 fully saturated rings. The Morgan fingerprint density at radius 3 is 2.52 bits per heavy atom. The summed E-state index contributed by atoms with van der Waals surface area (Å²) >= 11 is 11.5. The quantitative estimate of drug-likeness (QED) is 0.759. The van der Waals surface area contributed by atoms with E-state index < -0.39 is 5.82 Å². The van der Waals surface area contributed by atoms with Crippen molar-refractivity contribution in [2.24, 2.45) is 0 Å². The maximum atomic E-state index is 13.3. The molecule has 0 spiro atoms. The van der Waals surface area contributed by atoms with Crippen molar-refractivity contribution in [1.29, 1.82) is 0 Å². The predicted octanol–water partition coefficient (Wildman–Crippen LogP) is 4.20. The van der Waals surface area contributed by atoms with Crippen LogP contribution in [0, 0.1) is 5.82 Å². The van der Waals surface area contributed by atoms with Crippen molar-refractivity contribution in [3.05, 3.63) is 59.1 Å². The number of likely N-dealkylation sites (N-methyl/N-ethyl adjacent to an activating group) is 1. The third-order valence-corrected chi connectivity index (χ3v) is 4.50. The Labute approximate surface area is 158 Å². The first-order chi connectivity index (χ1) is 11.9. The van der Waals surface area contributed by atoms with Gasteiger partial charge in [0.05, 0.1) is 11.1 Å². The summed E-state index contributed by atoms with van der Waals surface area (Å²) < 4.78 is 13.3. The molecule has 0 saturated carbocycles. The Hall–Kier alpha value is -1.76. The van der Waals surface area contributed by atoms with E-state index in [0.717, 1.165) is 18.7 Å². The predicted molar refractivity (Wildman–Crippen MR) is 106 cm³/mol.